The Labute approximate surface area is 121 Å². The number of hydrogen-bond donors (Lipinski definition) is 1. The molecule has 1 N–H and O–H groups in total. The molecule has 0 saturated carbocycles. The van der Waals surface area contributed by atoms with Crippen molar-refractivity contribution in [3.8, 4) is 0 Å². The predicted molar refractivity (Wildman–Crippen MR) is 75.1 cm³/mol. The minimum atomic E-state index is -0.770. The number of piperazine rings is 1. The zero-order chi connectivity index (χ0) is 14.8. The predicted octanol–water partition coefficient (Wildman–Crippen LogP) is 1.53. The van der Waals surface area contributed by atoms with Crippen molar-refractivity contribution in [2.24, 2.45) is 0 Å². The number of amides is 1. The van der Waals surface area contributed by atoms with Gasteiger partial charge < -0.3 is 15.0 Å². The Morgan fingerprint density at radius 3 is 2.71 bits per heavy atom. The van der Waals surface area contributed by atoms with Crippen LogP contribution < -0.4 is 15.1 Å². The second-order valence-electron chi connectivity index (χ2n) is 5.14. The molecule has 0 bridgehead atoms. The number of nitrogens with zero attached hydrogens (tertiary/aromatic N) is 2. The number of nitrogens with one attached hydrogen (secondary N) is 1. The lowest BCUT2D eigenvalue weighted by Gasteiger charge is -2.30. The lowest BCUT2D eigenvalue weighted by atomic mass is 10.2. The van der Waals surface area contributed by atoms with Crippen LogP contribution in [0.3, 0.4) is 0 Å². The summed E-state index contributed by atoms with van der Waals surface area (Å²) in [7, 11) is 0. The second kappa shape index (κ2) is 5.85. The zero-order valence-electron chi connectivity index (χ0n) is 11.5. The van der Waals surface area contributed by atoms with E-state index in [1.54, 1.807) is 12.1 Å². The van der Waals surface area contributed by atoms with Gasteiger partial charge in [-0.05, 0) is 18.2 Å². The molecule has 0 spiro atoms. The van der Waals surface area contributed by atoms with Crippen LogP contribution in [0.1, 0.15) is 0 Å². The number of ether oxygens (including phenoxy) is 1. The molecule has 21 heavy (non-hydrogen) atoms. The summed E-state index contributed by atoms with van der Waals surface area (Å²) in [5.41, 5.74) is 0.919. The largest absolute Gasteiger partial charge is 0.441 e. The number of carbonyl (C=O) groups excluding carboxylic acids is 1. The summed E-state index contributed by atoms with van der Waals surface area (Å²) in [6.45, 7) is 2.50. The number of halogens is 2. The van der Waals surface area contributed by atoms with Crippen LogP contribution in [0, 0.1) is 5.82 Å². The minimum absolute atomic E-state index is 0.113. The van der Waals surface area contributed by atoms with Crippen LogP contribution in [0.2, 0.25) is 0 Å². The van der Waals surface area contributed by atoms with Gasteiger partial charge in [0.2, 0.25) is 0 Å². The number of rotatable bonds is 3. The zero-order valence-corrected chi connectivity index (χ0v) is 11.5. The summed E-state index contributed by atoms with van der Waals surface area (Å²) in [5, 5.41) is 3.21. The van der Waals surface area contributed by atoms with Gasteiger partial charge in [0, 0.05) is 26.2 Å². The molecule has 2 aliphatic rings. The SMILES string of the molecule is O=C1O[C@@H](CF)CN1c1ccc(N2CCNCC2)c(F)c1. The summed E-state index contributed by atoms with van der Waals surface area (Å²) >= 11 is 0. The van der Waals surface area contributed by atoms with E-state index in [0.717, 1.165) is 26.2 Å². The smallest absolute Gasteiger partial charge is 0.414 e. The highest BCUT2D eigenvalue weighted by Gasteiger charge is 2.32. The number of alkyl halides is 1. The second-order valence-corrected chi connectivity index (χ2v) is 5.14. The highest BCUT2D eigenvalue weighted by molar-refractivity contribution is 5.90. The number of benzene rings is 1. The third-order valence-corrected chi connectivity index (χ3v) is 3.75. The molecule has 2 saturated heterocycles. The van der Waals surface area contributed by atoms with E-state index in [4.69, 9.17) is 4.74 Å². The van der Waals surface area contributed by atoms with E-state index in [9.17, 15) is 13.6 Å². The van der Waals surface area contributed by atoms with E-state index in [2.05, 4.69) is 5.32 Å². The standard InChI is InChI=1S/C14H17F2N3O2/c15-8-11-9-19(14(20)21-11)10-1-2-13(12(16)7-10)18-5-3-17-4-6-18/h1-2,7,11,17H,3-6,8-9H2/t11-/m0/s1. The fraction of sp³-hybridized carbons (Fsp3) is 0.500. The molecule has 1 atom stereocenters. The van der Waals surface area contributed by atoms with Gasteiger partial charge in [0.15, 0.2) is 0 Å². The van der Waals surface area contributed by atoms with Crippen molar-refractivity contribution in [2.45, 2.75) is 6.10 Å². The van der Waals surface area contributed by atoms with Crippen molar-refractivity contribution >= 4 is 17.5 Å². The van der Waals surface area contributed by atoms with Gasteiger partial charge in [-0.1, -0.05) is 0 Å². The molecule has 1 aromatic carbocycles. The van der Waals surface area contributed by atoms with E-state index in [0.29, 0.717) is 11.4 Å². The van der Waals surface area contributed by atoms with Gasteiger partial charge in [-0.3, -0.25) is 4.90 Å². The highest BCUT2D eigenvalue weighted by atomic mass is 19.1. The van der Waals surface area contributed by atoms with Gasteiger partial charge in [-0.15, -0.1) is 0 Å². The fourth-order valence-electron chi connectivity index (χ4n) is 2.64. The van der Waals surface area contributed by atoms with Crippen LogP contribution in [0.15, 0.2) is 18.2 Å². The lowest BCUT2D eigenvalue weighted by Crippen LogP contribution is -2.43. The first-order chi connectivity index (χ1) is 10.2. The van der Waals surface area contributed by atoms with E-state index >= 15 is 0 Å². The Bertz CT molecular complexity index is 535. The van der Waals surface area contributed by atoms with Crippen LogP contribution >= 0.6 is 0 Å². The molecule has 1 aromatic rings. The van der Waals surface area contributed by atoms with E-state index in [-0.39, 0.29) is 12.4 Å². The highest BCUT2D eigenvalue weighted by Crippen LogP contribution is 2.28. The van der Waals surface area contributed by atoms with Crippen molar-refractivity contribution in [3.05, 3.63) is 24.0 Å². The Morgan fingerprint density at radius 2 is 2.10 bits per heavy atom. The van der Waals surface area contributed by atoms with Crippen molar-refractivity contribution in [1.82, 2.24) is 5.32 Å². The molecule has 1 amide bonds. The van der Waals surface area contributed by atoms with Gasteiger partial charge in [0.1, 0.15) is 18.6 Å². The van der Waals surface area contributed by atoms with E-state index in [1.807, 2.05) is 4.90 Å². The van der Waals surface area contributed by atoms with Crippen molar-refractivity contribution in [3.63, 3.8) is 0 Å². The summed E-state index contributed by atoms with van der Waals surface area (Å²) in [4.78, 5) is 14.9. The Morgan fingerprint density at radius 1 is 1.33 bits per heavy atom. The summed E-state index contributed by atoms with van der Waals surface area (Å²) in [6.07, 6.45) is -1.40. The Hall–Kier alpha value is -1.89. The van der Waals surface area contributed by atoms with Crippen LogP contribution in [-0.2, 0) is 4.74 Å². The molecular formula is C14H17F2N3O2. The quantitative estimate of drug-likeness (QED) is 0.919. The van der Waals surface area contributed by atoms with Gasteiger partial charge in [0.25, 0.3) is 0 Å². The molecule has 5 nitrogen and oxygen atoms in total. The molecule has 2 aliphatic heterocycles. The number of carbonyl (C=O) groups is 1. The van der Waals surface area contributed by atoms with Crippen LogP contribution in [-0.4, -0.2) is 51.6 Å². The van der Waals surface area contributed by atoms with Crippen LogP contribution in [0.5, 0.6) is 0 Å². The molecule has 0 aromatic heterocycles. The third kappa shape index (κ3) is 2.78. The first-order valence-corrected chi connectivity index (χ1v) is 6.98. The minimum Gasteiger partial charge on any atom is -0.441 e. The lowest BCUT2D eigenvalue weighted by molar-refractivity contribution is 0.124. The molecule has 0 unspecified atom stereocenters. The maximum absolute atomic E-state index is 14.3. The number of hydrogen-bond acceptors (Lipinski definition) is 4. The monoisotopic (exact) mass is 297 g/mol. The summed E-state index contributed by atoms with van der Waals surface area (Å²) < 4.78 is 31.7. The van der Waals surface area contributed by atoms with Crippen molar-refractivity contribution < 1.29 is 18.3 Å². The van der Waals surface area contributed by atoms with Crippen molar-refractivity contribution in [2.75, 3.05) is 49.2 Å². The first kappa shape index (κ1) is 14.1. The molecule has 3 rings (SSSR count). The normalized spacial score (nSPS) is 22.6. The molecule has 114 valence electrons. The summed E-state index contributed by atoms with van der Waals surface area (Å²) in [5.74, 6) is -0.383. The van der Waals surface area contributed by atoms with Gasteiger partial charge in [-0.2, -0.15) is 0 Å². The van der Waals surface area contributed by atoms with Crippen LogP contribution in [0.25, 0.3) is 0 Å². The molecule has 7 heteroatoms. The van der Waals surface area contributed by atoms with Gasteiger partial charge in [-0.25, -0.2) is 13.6 Å². The Kier molecular flexibility index (Phi) is 3.92. The molecule has 2 fully saturated rings. The number of cyclic esters (lactones) is 1. The van der Waals surface area contributed by atoms with Gasteiger partial charge >= 0.3 is 6.09 Å². The first-order valence-electron chi connectivity index (χ1n) is 6.98. The maximum Gasteiger partial charge on any atom is 0.414 e. The summed E-state index contributed by atoms with van der Waals surface area (Å²) in [6, 6.07) is 4.63. The maximum atomic E-state index is 14.3. The van der Waals surface area contributed by atoms with E-state index in [1.165, 1.54) is 11.0 Å². The molecule has 0 aliphatic carbocycles. The average molecular weight is 297 g/mol. The topological polar surface area (TPSA) is 44.8 Å². The Balaban J connectivity index is 1.79. The average Bonchev–Trinajstić information content (AvgIpc) is 2.89. The molecular weight excluding hydrogens is 280 g/mol. The molecule has 2 heterocycles. The molecule has 0 radical (unpaired) electrons. The van der Waals surface area contributed by atoms with E-state index < -0.39 is 18.9 Å². The number of anilines is 2. The van der Waals surface area contributed by atoms with Crippen molar-refractivity contribution in [1.29, 1.82) is 0 Å². The van der Waals surface area contributed by atoms with Gasteiger partial charge in [0.05, 0.1) is 17.9 Å². The van der Waals surface area contributed by atoms with Crippen LogP contribution in [0.4, 0.5) is 25.0 Å². The fourth-order valence-corrected chi connectivity index (χ4v) is 2.64. The third-order valence-electron chi connectivity index (χ3n) is 3.75.